The molecule has 0 aliphatic carbocycles. The molecule has 0 radical (unpaired) electrons. The molecule has 3 heterocycles. The Bertz CT molecular complexity index is 1010. The van der Waals surface area contributed by atoms with Crippen molar-refractivity contribution in [3.8, 4) is 0 Å². The fraction of sp³-hybridized carbons (Fsp3) is 0.211. The Balaban J connectivity index is 1.65. The molecule has 7 nitrogen and oxygen atoms in total. The largest absolute Gasteiger partial charge is 0.440 e. The van der Waals surface area contributed by atoms with Gasteiger partial charge in [-0.1, -0.05) is 15.9 Å². The van der Waals surface area contributed by atoms with Crippen LogP contribution in [0, 0.1) is 0 Å². The van der Waals surface area contributed by atoms with Crippen LogP contribution in [-0.2, 0) is 14.3 Å². The molecule has 2 saturated heterocycles. The second-order valence-corrected chi connectivity index (χ2v) is 8.49. The average Bonchev–Trinajstić information content (AvgIpc) is 3.07. The van der Waals surface area contributed by atoms with E-state index >= 15 is 0 Å². The number of hydrogen-bond acceptors (Lipinski definition) is 6. The van der Waals surface area contributed by atoms with Crippen LogP contribution in [0.15, 0.2) is 49.3 Å². The van der Waals surface area contributed by atoms with Crippen LogP contribution in [-0.4, -0.2) is 43.2 Å². The Morgan fingerprint density at radius 3 is 2.48 bits per heavy atom. The van der Waals surface area contributed by atoms with Crippen LogP contribution in [0.25, 0.3) is 6.08 Å². The molecule has 0 unspecified atom stereocenters. The maximum absolute atomic E-state index is 13.0. The Kier molecular flexibility index (Phi) is 5.86. The van der Waals surface area contributed by atoms with Gasteiger partial charge in [0.25, 0.3) is 11.8 Å². The van der Waals surface area contributed by atoms with Crippen molar-refractivity contribution < 1.29 is 18.7 Å². The van der Waals surface area contributed by atoms with E-state index in [1.54, 1.807) is 30.3 Å². The van der Waals surface area contributed by atoms with Crippen LogP contribution < -0.4 is 15.1 Å². The summed E-state index contributed by atoms with van der Waals surface area (Å²) in [6.45, 7) is 2.63. The number of ether oxygens (including phenoxy) is 1. The van der Waals surface area contributed by atoms with E-state index in [9.17, 15) is 9.59 Å². The molecule has 2 aromatic rings. The number of benzene rings is 1. The number of rotatable bonds is 3. The molecule has 1 aromatic heterocycles. The summed E-state index contributed by atoms with van der Waals surface area (Å²) in [5.41, 5.74) is 0.500. The lowest BCUT2D eigenvalue weighted by molar-refractivity contribution is -0.122. The Morgan fingerprint density at radius 1 is 1.10 bits per heavy atom. The smallest absolute Gasteiger partial charge is 0.270 e. The van der Waals surface area contributed by atoms with Crippen molar-refractivity contribution in [2.24, 2.45) is 0 Å². The van der Waals surface area contributed by atoms with E-state index < -0.39 is 11.8 Å². The summed E-state index contributed by atoms with van der Waals surface area (Å²) >= 11 is 12.1. The van der Waals surface area contributed by atoms with Crippen LogP contribution in [0.1, 0.15) is 5.76 Å². The first kappa shape index (κ1) is 20.3. The van der Waals surface area contributed by atoms with Gasteiger partial charge in [-0.25, -0.2) is 0 Å². The van der Waals surface area contributed by atoms with Gasteiger partial charge in [-0.05, 0) is 58.5 Å². The predicted octanol–water partition coefficient (Wildman–Crippen LogP) is 3.47. The monoisotopic (exact) mass is 539 g/mol. The van der Waals surface area contributed by atoms with Gasteiger partial charge in [0.2, 0.25) is 5.88 Å². The number of nitrogens with one attached hydrogen (secondary N) is 1. The van der Waals surface area contributed by atoms with Crippen molar-refractivity contribution in [3.63, 3.8) is 0 Å². The molecule has 150 valence electrons. The van der Waals surface area contributed by atoms with E-state index in [-0.39, 0.29) is 10.7 Å². The maximum atomic E-state index is 13.0. The van der Waals surface area contributed by atoms with Crippen molar-refractivity contribution in [3.05, 3.63) is 50.6 Å². The number of nitrogens with zero attached hydrogens (tertiary/aromatic N) is 2. The Morgan fingerprint density at radius 2 is 1.79 bits per heavy atom. The van der Waals surface area contributed by atoms with E-state index in [0.717, 1.165) is 8.95 Å². The quantitative estimate of drug-likeness (QED) is 0.365. The number of thiocarbonyl (C=S) groups is 1. The maximum Gasteiger partial charge on any atom is 0.270 e. The Labute approximate surface area is 188 Å². The van der Waals surface area contributed by atoms with Gasteiger partial charge in [-0.2, -0.15) is 0 Å². The minimum Gasteiger partial charge on any atom is -0.440 e. The van der Waals surface area contributed by atoms with Crippen LogP contribution in [0.3, 0.4) is 0 Å². The average molecular weight is 541 g/mol. The number of halogens is 2. The molecule has 2 aliphatic rings. The topological polar surface area (TPSA) is 75.0 Å². The normalized spacial score (nSPS) is 19.1. The lowest BCUT2D eigenvalue weighted by Crippen LogP contribution is -2.54. The molecular formula is C19H15Br2N3O4S. The highest BCUT2D eigenvalue weighted by Gasteiger charge is 2.35. The SMILES string of the molecule is O=C1NC(=S)N(c2ccc(Br)cc2)C(=O)C1=Cc1cc(Br)c(N2CCOCC2)o1. The third-order valence-corrected chi connectivity index (χ3v) is 5.84. The number of furan rings is 1. The fourth-order valence-corrected chi connectivity index (χ4v) is 4.16. The number of amides is 2. The first-order valence-corrected chi connectivity index (χ1v) is 10.7. The second kappa shape index (κ2) is 8.39. The van der Waals surface area contributed by atoms with E-state index in [0.29, 0.717) is 43.6 Å². The zero-order valence-electron chi connectivity index (χ0n) is 15.0. The highest BCUT2D eigenvalue weighted by molar-refractivity contribution is 9.10. The molecule has 10 heteroatoms. The minimum atomic E-state index is -0.561. The van der Waals surface area contributed by atoms with Gasteiger partial charge in [0.05, 0.1) is 23.4 Å². The van der Waals surface area contributed by atoms with Crippen LogP contribution >= 0.6 is 44.1 Å². The molecule has 2 aliphatic heterocycles. The number of hydrogen-bond donors (Lipinski definition) is 1. The van der Waals surface area contributed by atoms with E-state index in [1.807, 2.05) is 4.90 Å². The molecule has 0 atom stereocenters. The Hall–Kier alpha value is -2.01. The number of morpholine rings is 1. The van der Waals surface area contributed by atoms with Gasteiger partial charge in [0.15, 0.2) is 5.11 Å². The molecule has 2 amide bonds. The fourth-order valence-electron chi connectivity index (χ4n) is 3.05. The number of anilines is 2. The van der Waals surface area contributed by atoms with Gasteiger partial charge in [0.1, 0.15) is 11.3 Å². The highest BCUT2D eigenvalue weighted by atomic mass is 79.9. The first-order chi connectivity index (χ1) is 13.9. The van der Waals surface area contributed by atoms with Gasteiger partial charge >= 0.3 is 0 Å². The highest BCUT2D eigenvalue weighted by Crippen LogP contribution is 2.32. The van der Waals surface area contributed by atoms with E-state index in [4.69, 9.17) is 21.4 Å². The van der Waals surface area contributed by atoms with Crippen molar-refractivity contribution in [1.29, 1.82) is 0 Å². The predicted molar refractivity (Wildman–Crippen MR) is 120 cm³/mol. The summed E-state index contributed by atoms with van der Waals surface area (Å²) in [6.07, 6.45) is 1.43. The van der Waals surface area contributed by atoms with Crippen molar-refractivity contribution in [2.45, 2.75) is 0 Å². The van der Waals surface area contributed by atoms with Gasteiger partial charge in [0, 0.05) is 23.6 Å². The second-order valence-electron chi connectivity index (χ2n) is 6.34. The van der Waals surface area contributed by atoms with Gasteiger partial charge in [-0.15, -0.1) is 0 Å². The van der Waals surface area contributed by atoms with Crippen LogP contribution in [0.5, 0.6) is 0 Å². The molecule has 1 N–H and O–H groups in total. The van der Waals surface area contributed by atoms with E-state index in [2.05, 4.69) is 37.2 Å². The standard InChI is InChI=1S/C19H15Br2N3O4S/c20-11-1-3-12(4-2-11)24-17(26)14(16(25)22-19(24)29)9-13-10-15(21)18(28-13)23-5-7-27-8-6-23/h1-4,9-10H,5-8H2,(H,22,25,29). The summed E-state index contributed by atoms with van der Waals surface area (Å²) in [4.78, 5) is 28.8. The minimum absolute atomic E-state index is 0.0362. The molecular weight excluding hydrogens is 526 g/mol. The van der Waals surface area contributed by atoms with Gasteiger partial charge in [-0.3, -0.25) is 19.8 Å². The molecule has 29 heavy (non-hydrogen) atoms. The molecule has 0 saturated carbocycles. The summed E-state index contributed by atoms with van der Waals surface area (Å²) < 4.78 is 12.9. The van der Waals surface area contributed by atoms with E-state index in [1.165, 1.54) is 11.0 Å². The third-order valence-electron chi connectivity index (χ3n) is 4.46. The molecule has 0 spiro atoms. The molecule has 0 bridgehead atoms. The summed E-state index contributed by atoms with van der Waals surface area (Å²) in [6, 6.07) is 8.80. The zero-order valence-corrected chi connectivity index (χ0v) is 19.0. The summed E-state index contributed by atoms with van der Waals surface area (Å²) in [7, 11) is 0. The summed E-state index contributed by atoms with van der Waals surface area (Å²) in [5, 5.41) is 2.60. The lowest BCUT2D eigenvalue weighted by Gasteiger charge is -2.28. The van der Waals surface area contributed by atoms with Crippen LogP contribution in [0.2, 0.25) is 0 Å². The van der Waals surface area contributed by atoms with Crippen LogP contribution in [0.4, 0.5) is 11.6 Å². The number of carbonyl (C=O) groups is 2. The summed E-state index contributed by atoms with van der Waals surface area (Å²) in [5.74, 6) is -0.0418. The lowest BCUT2D eigenvalue weighted by atomic mass is 10.1. The van der Waals surface area contributed by atoms with Gasteiger partial charge < -0.3 is 14.1 Å². The molecule has 2 fully saturated rings. The van der Waals surface area contributed by atoms with Crippen molar-refractivity contribution in [1.82, 2.24) is 5.32 Å². The van der Waals surface area contributed by atoms with Crippen molar-refractivity contribution >= 4 is 78.7 Å². The van der Waals surface area contributed by atoms with Crippen molar-refractivity contribution in [2.75, 3.05) is 36.1 Å². The first-order valence-electron chi connectivity index (χ1n) is 8.73. The number of carbonyl (C=O) groups excluding carboxylic acids is 2. The molecule has 4 rings (SSSR count). The zero-order chi connectivity index (χ0) is 20.5. The third kappa shape index (κ3) is 4.16. The molecule has 1 aromatic carbocycles.